The summed E-state index contributed by atoms with van der Waals surface area (Å²) < 4.78 is 27.7. The van der Waals surface area contributed by atoms with Crippen LogP contribution < -0.4 is 20.9 Å². The molecule has 0 aromatic heterocycles. The predicted molar refractivity (Wildman–Crippen MR) is 134 cm³/mol. The van der Waals surface area contributed by atoms with Crippen LogP contribution in [0.5, 0.6) is 0 Å². The van der Waals surface area contributed by atoms with Gasteiger partial charge < -0.3 is 10.2 Å². The van der Waals surface area contributed by atoms with E-state index in [0.717, 1.165) is 51.4 Å². The molecule has 2 unspecified atom stereocenters. The molecule has 34 heavy (non-hydrogen) atoms. The first-order valence-corrected chi connectivity index (χ1v) is 15.5. The van der Waals surface area contributed by atoms with Crippen LogP contribution in [-0.4, -0.2) is 59.9 Å². The maximum absolute atomic E-state index is 13.1. The second kappa shape index (κ2) is 11.5. The standard InChI is InChI=1S/C23H41N5O4S2/c1-3-28(23-26-25-15(2)33-23)22(30)17-6-8-18(9-7-17)24-21(29)14-16-4-12-20(13-5-16)34(31,32)27-19-10-11-19/h15-20,23,25-27H,3-14H2,1-2H3,(H,24,29). The first-order valence-electron chi connectivity index (χ1n) is 13.0. The maximum atomic E-state index is 13.1. The van der Waals surface area contributed by atoms with Crippen LogP contribution in [0.3, 0.4) is 0 Å². The molecule has 4 rings (SSSR count). The molecule has 2 amide bonds. The molecule has 4 fully saturated rings. The van der Waals surface area contributed by atoms with Crippen LogP contribution in [0.1, 0.15) is 84.5 Å². The summed E-state index contributed by atoms with van der Waals surface area (Å²) in [5.74, 6) is 0.554. The topological polar surface area (TPSA) is 120 Å². The second-order valence-electron chi connectivity index (χ2n) is 10.4. The highest BCUT2D eigenvalue weighted by Crippen LogP contribution is 2.33. The van der Waals surface area contributed by atoms with Crippen molar-refractivity contribution < 1.29 is 18.0 Å². The molecule has 4 N–H and O–H groups in total. The third-order valence-electron chi connectivity index (χ3n) is 7.71. The quantitative estimate of drug-likeness (QED) is 0.371. The number of carbonyl (C=O) groups excluding carboxylic acids is 2. The predicted octanol–water partition coefficient (Wildman–Crippen LogP) is 2.01. The average Bonchev–Trinajstić information content (AvgIpc) is 3.51. The lowest BCUT2D eigenvalue weighted by molar-refractivity contribution is -0.137. The van der Waals surface area contributed by atoms with Crippen LogP contribution in [0, 0.1) is 11.8 Å². The lowest BCUT2D eigenvalue weighted by Crippen LogP contribution is -2.50. The van der Waals surface area contributed by atoms with Crippen LogP contribution in [0.2, 0.25) is 0 Å². The molecule has 194 valence electrons. The van der Waals surface area contributed by atoms with Gasteiger partial charge in [-0.2, -0.15) is 0 Å². The number of rotatable bonds is 9. The highest BCUT2D eigenvalue weighted by atomic mass is 32.2. The fraction of sp³-hybridized carbons (Fsp3) is 0.913. The number of nitrogens with one attached hydrogen (secondary N) is 4. The van der Waals surface area contributed by atoms with Gasteiger partial charge in [-0.15, -0.1) is 11.8 Å². The molecule has 0 bridgehead atoms. The molecular formula is C23H41N5O4S2. The number of amides is 2. The molecule has 0 radical (unpaired) electrons. The molecule has 9 nitrogen and oxygen atoms in total. The van der Waals surface area contributed by atoms with Crippen molar-refractivity contribution in [1.82, 2.24) is 25.8 Å². The first-order chi connectivity index (χ1) is 16.2. The lowest BCUT2D eigenvalue weighted by Gasteiger charge is -2.34. The minimum Gasteiger partial charge on any atom is -0.353 e. The van der Waals surface area contributed by atoms with E-state index < -0.39 is 10.0 Å². The van der Waals surface area contributed by atoms with Crippen molar-refractivity contribution in [3.8, 4) is 0 Å². The van der Waals surface area contributed by atoms with E-state index in [1.807, 2.05) is 11.8 Å². The molecule has 1 heterocycles. The third kappa shape index (κ3) is 6.87. The summed E-state index contributed by atoms with van der Waals surface area (Å²) in [4.78, 5) is 27.7. The average molecular weight is 516 g/mol. The Morgan fingerprint density at radius 1 is 0.941 bits per heavy atom. The van der Waals surface area contributed by atoms with Crippen LogP contribution in [0.25, 0.3) is 0 Å². The molecule has 3 saturated carbocycles. The van der Waals surface area contributed by atoms with Gasteiger partial charge in [-0.1, -0.05) is 0 Å². The van der Waals surface area contributed by atoms with Gasteiger partial charge in [0.15, 0.2) is 0 Å². The maximum Gasteiger partial charge on any atom is 0.227 e. The summed E-state index contributed by atoms with van der Waals surface area (Å²) >= 11 is 1.71. The smallest absolute Gasteiger partial charge is 0.227 e. The van der Waals surface area contributed by atoms with Crippen molar-refractivity contribution in [2.24, 2.45) is 11.8 Å². The normalized spacial score (nSPS) is 34.5. The van der Waals surface area contributed by atoms with E-state index in [4.69, 9.17) is 0 Å². The van der Waals surface area contributed by atoms with E-state index in [9.17, 15) is 18.0 Å². The lowest BCUT2D eigenvalue weighted by atomic mass is 9.84. The van der Waals surface area contributed by atoms with Gasteiger partial charge in [-0.25, -0.2) is 24.0 Å². The van der Waals surface area contributed by atoms with Gasteiger partial charge in [0, 0.05) is 31.0 Å². The summed E-state index contributed by atoms with van der Waals surface area (Å²) in [6, 6.07) is 0.287. The van der Waals surface area contributed by atoms with E-state index in [-0.39, 0.29) is 51.9 Å². The van der Waals surface area contributed by atoms with Crippen LogP contribution in [0.15, 0.2) is 0 Å². The van der Waals surface area contributed by atoms with Crippen LogP contribution >= 0.6 is 11.8 Å². The van der Waals surface area contributed by atoms with E-state index in [0.29, 0.717) is 25.8 Å². The van der Waals surface area contributed by atoms with Crippen molar-refractivity contribution in [3.05, 3.63) is 0 Å². The van der Waals surface area contributed by atoms with Crippen molar-refractivity contribution in [2.45, 2.75) is 113 Å². The zero-order valence-electron chi connectivity index (χ0n) is 20.4. The van der Waals surface area contributed by atoms with Crippen molar-refractivity contribution in [1.29, 1.82) is 0 Å². The zero-order chi connectivity index (χ0) is 24.3. The number of carbonyl (C=O) groups is 2. The fourth-order valence-electron chi connectivity index (χ4n) is 5.48. The number of nitrogens with zero attached hydrogens (tertiary/aromatic N) is 1. The Balaban J connectivity index is 1.15. The zero-order valence-corrected chi connectivity index (χ0v) is 22.1. The molecule has 0 aromatic rings. The molecule has 4 aliphatic rings. The minimum atomic E-state index is -3.21. The van der Waals surface area contributed by atoms with Gasteiger partial charge >= 0.3 is 0 Å². The molecule has 11 heteroatoms. The Labute approximate surface area is 208 Å². The number of hydrazine groups is 1. The van der Waals surface area contributed by atoms with Gasteiger partial charge in [-0.3, -0.25) is 9.59 Å². The molecule has 1 aliphatic heterocycles. The highest BCUT2D eigenvalue weighted by molar-refractivity contribution is 8.00. The Hall–Kier alpha value is -0.880. The monoisotopic (exact) mass is 515 g/mol. The Bertz CT molecular complexity index is 821. The number of sulfonamides is 1. The van der Waals surface area contributed by atoms with Gasteiger partial charge in [0.05, 0.1) is 10.6 Å². The van der Waals surface area contributed by atoms with Crippen LogP contribution in [0.4, 0.5) is 0 Å². The van der Waals surface area contributed by atoms with Crippen molar-refractivity contribution >= 4 is 33.6 Å². The second-order valence-corrected chi connectivity index (χ2v) is 13.9. The van der Waals surface area contributed by atoms with Gasteiger partial charge in [0.25, 0.3) is 0 Å². The Morgan fingerprint density at radius 2 is 1.59 bits per heavy atom. The summed E-state index contributed by atoms with van der Waals surface area (Å²) in [5.41, 5.74) is 6.33. The molecule has 2 atom stereocenters. The number of hydrogen-bond acceptors (Lipinski definition) is 7. The van der Waals surface area contributed by atoms with Gasteiger partial charge in [0.2, 0.25) is 21.8 Å². The summed E-state index contributed by atoms with van der Waals surface area (Å²) in [7, 11) is -3.21. The third-order valence-corrected chi connectivity index (χ3v) is 10.9. The molecule has 0 spiro atoms. The van der Waals surface area contributed by atoms with Crippen molar-refractivity contribution in [2.75, 3.05) is 6.54 Å². The molecular weight excluding hydrogens is 474 g/mol. The number of thioether (sulfide) groups is 1. The fourth-order valence-corrected chi connectivity index (χ4v) is 8.33. The Morgan fingerprint density at radius 3 is 2.15 bits per heavy atom. The summed E-state index contributed by atoms with van der Waals surface area (Å²) in [6.07, 6.45) is 8.51. The Kier molecular flexibility index (Phi) is 8.82. The number of hydrogen-bond donors (Lipinski definition) is 4. The van der Waals surface area contributed by atoms with E-state index in [2.05, 4.69) is 27.8 Å². The molecule has 0 aromatic carbocycles. The largest absolute Gasteiger partial charge is 0.353 e. The summed E-state index contributed by atoms with van der Waals surface area (Å²) in [6.45, 7) is 4.76. The SMILES string of the molecule is CCN(C(=O)C1CCC(NC(=O)CC2CCC(S(=O)(=O)NC3CC3)CC2)CC1)C1NNC(C)S1. The van der Waals surface area contributed by atoms with Gasteiger partial charge in [-0.05, 0) is 84.0 Å². The first kappa shape index (κ1) is 26.2. The van der Waals surface area contributed by atoms with Crippen LogP contribution in [-0.2, 0) is 19.6 Å². The van der Waals surface area contributed by atoms with E-state index in [1.165, 1.54) is 0 Å². The van der Waals surface area contributed by atoms with E-state index in [1.54, 1.807) is 11.8 Å². The minimum absolute atomic E-state index is 0.0212. The van der Waals surface area contributed by atoms with Crippen molar-refractivity contribution in [3.63, 3.8) is 0 Å². The van der Waals surface area contributed by atoms with Gasteiger partial charge in [0.1, 0.15) is 5.50 Å². The highest BCUT2D eigenvalue weighted by Gasteiger charge is 2.37. The molecule has 3 aliphatic carbocycles. The summed E-state index contributed by atoms with van der Waals surface area (Å²) in [5, 5.41) is 3.15. The van der Waals surface area contributed by atoms with E-state index >= 15 is 0 Å². The molecule has 1 saturated heterocycles.